The zero-order valence-corrected chi connectivity index (χ0v) is 48.9. The fraction of sp³-hybridized carbons (Fsp3) is 0.841. The number of carbonyl (C=O) groups excluding carboxylic acids is 4. The van der Waals surface area contributed by atoms with Gasteiger partial charge < -0.3 is 38.1 Å². The van der Waals surface area contributed by atoms with Gasteiger partial charge in [-0.2, -0.15) is 0 Å². The average Bonchev–Trinajstić information content (AvgIpc) is 3.77. The van der Waals surface area contributed by atoms with E-state index in [2.05, 4.69) is 97.6 Å². The Balaban J connectivity index is 1.25. The van der Waals surface area contributed by atoms with Crippen LogP contribution in [0.5, 0.6) is 0 Å². The Hall–Kier alpha value is -3.22. The zero-order valence-electron chi connectivity index (χ0n) is 48.9. The van der Waals surface area contributed by atoms with Crippen molar-refractivity contribution in [3.63, 3.8) is 0 Å². The van der Waals surface area contributed by atoms with Crippen molar-refractivity contribution in [2.24, 2.45) is 52.3 Å². The molecule has 430 valence electrons. The van der Waals surface area contributed by atoms with Gasteiger partial charge in [-0.05, 0) is 162 Å². The minimum Gasteiger partial charge on any atom is -0.465 e. The third kappa shape index (κ3) is 22.2. The first-order chi connectivity index (χ1) is 36.2. The van der Waals surface area contributed by atoms with Gasteiger partial charge in [0.25, 0.3) is 0 Å². The number of allylic oxidation sites excluding steroid dienone is 5. The second-order valence-corrected chi connectivity index (χ2v) is 23.6. The van der Waals surface area contributed by atoms with Crippen LogP contribution in [0.15, 0.2) is 36.0 Å². The maximum Gasteiger partial charge on any atom is 0.508 e. The molecule has 0 spiro atoms. The fourth-order valence-corrected chi connectivity index (χ4v) is 13.3. The first-order valence-corrected chi connectivity index (χ1v) is 30.4. The summed E-state index contributed by atoms with van der Waals surface area (Å²) in [5, 5.41) is 0. The summed E-state index contributed by atoms with van der Waals surface area (Å²) in [5.41, 5.74) is 2.06. The van der Waals surface area contributed by atoms with Crippen LogP contribution in [0.4, 0.5) is 4.79 Å². The van der Waals surface area contributed by atoms with Crippen LogP contribution in [0.25, 0.3) is 0 Å². The third-order valence-electron chi connectivity index (χ3n) is 17.7. The number of hydrogen-bond acceptors (Lipinski definition) is 12. The number of esters is 3. The van der Waals surface area contributed by atoms with E-state index in [-0.39, 0.29) is 57.2 Å². The minimum atomic E-state index is -0.840. The monoisotopic (exact) mass is 1050 g/mol. The molecule has 0 aromatic heterocycles. The summed E-state index contributed by atoms with van der Waals surface area (Å²) in [5.74, 6) is 2.53. The lowest BCUT2D eigenvalue weighted by atomic mass is 9.47. The van der Waals surface area contributed by atoms with Crippen molar-refractivity contribution in [1.82, 2.24) is 4.90 Å². The van der Waals surface area contributed by atoms with Crippen molar-refractivity contribution in [1.29, 1.82) is 0 Å². The van der Waals surface area contributed by atoms with Gasteiger partial charge in [0.1, 0.15) is 25.9 Å². The van der Waals surface area contributed by atoms with Gasteiger partial charge in [-0.3, -0.25) is 14.4 Å². The molecular formula is C63H107NO11. The van der Waals surface area contributed by atoms with Crippen LogP contribution < -0.4 is 0 Å². The van der Waals surface area contributed by atoms with E-state index in [1.165, 1.54) is 50.5 Å². The van der Waals surface area contributed by atoms with Crippen LogP contribution >= 0.6 is 0 Å². The Morgan fingerprint density at radius 2 is 1.29 bits per heavy atom. The molecule has 9 atom stereocenters. The second-order valence-electron chi connectivity index (χ2n) is 23.6. The quantitative estimate of drug-likeness (QED) is 0.0191. The van der Waals surface area contributed by atoms with E-state index < -0.39 is 36.3 Å². The average molecular weight is 1050 g/mol. The first kappa shape index (κ1) is 64.3. The van der Waals surface area contributed by atoms with Crippen molar-refractivity contribution < 1.29 is 52.3 Å². The molecular weight excluding hydrogens is 947 g/mol. The fourth-order valence-electron chi connectivity index (χ4n) is 13.3. The number of ether oxygens (including phenoxy) is 7. The summed E-state index contributed by atoms with van der Waals surface area (Å²) in [6.07, 6.45) is 31.5. The lowest BCUT2D eigenvalue weighted by Gasteiger charge is -2.58. The van der Waals surface area contributed by atoms with Crippen molar-refractivity contribution >= 4 is 24.1 Å². The normalized spacial score (nSPS) is 25.2. The molecule has 3 saturated carbocycles. The van der Waals surface area contributed by atoms with Gasteiger partial charge in [0, 0.05) is 32.6 Å². The zero-order chi connectivity index (χ0) is 54.5. The van der Waals surface area contributed by atoms with Crippen molar-refractivity contribution in [2.75, 3.05) is 59.3 Å². The van der Waals surface area contributed by atoms with E-state index in [9.17, 15) is 19.2 Å². The maximum absolute atomic E-state index is 13.3. The summed E-state index contributed by atoms with van der Waals surface area (Å²) in [6.45, 7) is 24.2. The summed E-state index contributed by atoms with van der Waals surface area (Å²) in [7, 11) is 0. The van der Waals surface area contributed by atoms with Crippen LogP contribution in [-0.2, 0) is 47.5 Å². The van der Waals surface area contributed by atoms with Gasteiger partial charge in [-0.25, -0.2) is 4.79 Å². The van der Waals surface area contributed by atoms with Crippen LogP contribution in [-0.4, -0.2) is 101 Å². The first-order valence-electron chi connectivity index (χ1n) is 30.4. The Bertz CT molecular complexity index is 1720. The number of hydrogen-bond donors (Lipinski definition) is 0. The largest absolute Gasteiger partial charge is 0.508 e. The van der Waals surface area contributed by atoms with Gasteiger partial charge in [0.15, 0.2) is 6.29 Å². The van der Waals surface area contributed by atoms with Gasteiger partial charge in [0.05, 0.1) is 31.8 Å². The van der Waals surface area contributed by atoms with Crippen molar-refractivity contribution in [2.45, 2.75) is 229 Å². The van der Waals surface area contributed by atoms with Gasteiger partial charge in [-0.1, -0.05) is 118 Å². The number of nitrogens with zero attached hydrogens (tertiary/aromatic N) is 1. The number of unbranched alkanes of at least 4 members (excludes halogenated alkanes) is 4. The molecule has 0 N–H and O–H groups in total. The molecule has 12 heteroatoms. The number of rotatable bonds is 38. The molecule has 0 aliphatic heterocycles. The minimum absolute atomic E-state index is 0.0599. The van der Waals surface area contributed by atoms with Gasteiger partial charge in [-0.15, -0.1) is 0 Å². The van der Waals surface area contributed by atoms with E-state index >= 15 is 0 Å². The third-order valence-corrected chi connectivity index (χ3v) is 17.7. The highest BCUT2D eigenvalue weighted by molar-refractivity contribution is 5.77. The number of carbonyl (C=O) groups is 4. The molecule has 0 heterocycles. The van der Waals surface area contributed by atoms with E-state index in [1.807, 2.05) is 0 Å². The molecule has 0 aromatic carbocycles. The van der Waals surface area contributed by atoms with Gasteiger partial charge in [0.2, 0.25) is 0 Å². The van der Waals surface area contributed by atoms with Crippen LogP contribution in [0.2, 0.25) is 0 Å². The Labute approximate surface area is 455 Å². The Morgan fingerprint density at radius 1 is 0.653 bits per heavy atom. The Kier molecular flexibility index (Phi) is 30.3. The van der Waals surface area contributed by atoms with E-state index in [1.54, 1.807) is 0 Å². The molecule has 3 fully saturated rings. The lowest BCUT2D eigenvalue weighted by molar-refractivity contribution is -0.161. The molecule has 4 aliphatic rings. The standard InChI is InChI=1S/C63H107NO11/c1-10-14-16-18-20-22-41-69-60(70-42-23-21-19-17-15-11-2)35-34-58(66)73-46-50(47-74-61(68)71-43-25-40-64(12-3)13-4)45-72-57(65)32-33-59(67)75-52-36-38-62(8)51(44-52)28-29-53-55-31-30-54(49(7)27-24-26-48(5)6)63(55,9)39-37-56(53)62/h14-17,28,48-50,52-56,60H,10-13,18-27,29-47H2,1-9H3/b16-14-,17-15-/t49-,50?,52+,53+,54-,55+,56+,62+,63-/m1/s1. The SMILES string of the molecule is CC/C=C\CCCCOC(CCC(=O)OCC(COC(=O)CCC(=O)O[C@H]1CC[C@@]2(C)C(=CC[C@H]3[C@@H]4CC[C@H]([C@H](C)CCCC(C)C)[C@@]4(C)CC[C@@H]32)C1)COC(=O)OCCCN(CC)CC)OCCCC/C=C\CC. The van der Waals surface area contributed by atoms with Crippen molar-refractivity contribution in [3.8, 4) is 0 Å². The molecule has 1 unspecified atom stereocenters. The molecule has 0 radical (unpaired) electrons. The van der Waals surface area contributed by atoms with Crippen molar-refractivity contribution in [3.05, 3.63) is 36.0 Å². The summed E-state index contributed by atoms with van der Waals surface area (Å²) >= 11 is 0. The molecule has 0 aromatic rings. The van der Waals surface area contributed by atoms with Crippen LogP contribution in [0.1, 0.15) is 216 Å². The van der Waals surface area contributed by atoms with Gasteiger partial charge >= 0.3 is 24.1 Å². The highest BCUT2D eigenvalue weighted by atomic mass is 16.7. The summed E-state index contributed by atoms with van der Waals surface area (Å²) in [6, 6.07) is 0. The smallest absolute Gasteiger partial charge is 0.465 e. The highest BCUT2D eigenvalue weighted by Gasteiger charge is 2.59. The van der Waals surface area contributed by atoms with E-state index in [0.29, 0.717) is 37.4 Å². The molecule has 75 heavy (non-hydrogen) atoms. The molecule has 12 nitrogen and oxygen atoms in total. The second kappa shape index (κ2) is 35.3. The molecule has 0 amide bonds. The Morgan fingerprint density at radius 3 is 1.93 bits per heavy atom. The molecule has 4 rings (SSSR count). The summed E-state index contributed by atoms with van der Waals surface area (Å²) in [4.78, 5) is 54.3. The molecule has 0 saturated heterocycles. The predicted molar refractivity (Wildman–Crippen MR) is 299 cm³/mol. The molecule has 0 bridgehead atoms. The highest BCUT2D eigenvalue weighted by Crippen LogP contribution is 2.67. The van der Waals surface area contributed by atoms with E-state index in [4.69, 9.17) is 33.2 Å². The van der Waals surface area contributed by atoms with Crippen LogP contribution in [0, 0.1) is 52.3 Å². The topological polar surface area (TPSA) is 136 Å². The summed E-state index contributed by atoms with van der Waals surface area (Å²) < 4.78 is 40.2. The predicted octanol–water partition coefficient (Wildman–Crippen LogP) is 14.7. The lowest BCUT2D eigenvalue weighted by Crippen LogP contribution is -2.51. The maximum atomic E-state index is 13.3. The molecule has 4 aliphatic carbocycles. The van der Waals surface area contributed by atoms with Crippen LogP contribution in [0.3, 0.4) is 0 Å². The number of fused-ring (bicyclic) bond motifs is 5. The van der Waals surface area contributed by atoms with E-state index in [0.717, 1.165) is 126 Å².